The first-order valence-electron chi connectivity index (χ1n) is 6.74. The second-order valence-corrected chi connectivity index (χ2v) is 8.87. The van der Waals surface area contributed by atoms with Gasteiger partial charge in [0.05, 0.1) is 0 Å². The van der Waals surface area contributed by atoms with Crippen LogP contribution in [-0.2, 0) is 25.5 Å². The summed E-state index contributed by atoms with van der Waals surface area (Å²) < 4.78 is 23.3. The Kier molecular flexibility index (Phi) is 4.76. The number of β-lactam (4-membered cyclic amide) rings is 1. The van der Waals surface area contributed by atoms with Crippen molar-refractivity contribution in [2.45, 2.75) is 22.4 Å². The SMILES string of the molecule is NC1C(=O)N2C(C(=O)O)=C(CSc3nnnn3CS(N)(=O)=O)CS[C@H]12. The quantitative estimate of drug-likeness (QED) is 0.336. The molecule has 1 aromatic heterocycles. The van der Waals surface area contributed by atoms with Crippen molar-refractivity contribution in [2.75, 3.05) is 11.5 Å². The normalized spacial score (nSPS) is 23.4. The Hall–Kier alpha value is -1.68. The van der Waals surface area contributed by atoms with E-state index in [1.165, 1.54) is 16.7 Å². The van der Waals surface area contributed by atoms with E-state index in [2.05, 4.69) is 15.5 Å². The van der Waals surface area contributed by atoms with E-state index in [4.69, 9.17) is 10.9 Å². The highest BCUT2D eigenvalue weighted by Gasteiger charge is 2.51. The van der Waals surface area contributed by atoms with E-state index in [1.54, 1.807) is 0 Å². The topological polar surface area (TPSA) is 187 Å². The van der Waals surface area contributed by atoms with Gasteiger partial charge in [-0.2, -0.15) is 0 Å². The number of thioether (sulfide) groups is 2. The van der Waals surface area contributed by atoms with Crippen LogP contribution in [0.1, 0.15) is 0 Å². The molecule has 12 nitrogen and oxygen atoms in total. The van der Waals surface area contributed by atoms with Gasteiger partial charge in [-0.25, -0.2) is 23.0 Å². The van der Waals surface area contributed by atoms with E-state index in [1.807, 2.05) is 0 Å². The van der Waals surface area contributed by atoms with Crippen LogP contribution in [0.25, 0.3) is 0 Å². The van der Waals surface area contributed by atoms with E-state index in [0.717, 1.165) is 16.4 Å². The maximum atomic E-state index is 11.9. The van der Waals surface area contributed by atoms with Crippen molar-refractivity contribution < 1.29 is 23.1 Å². The second kappa shape index (κ2) is 6.56. The van der Waals surface area contributed by atoms with Gasteiger partial charge in [-0.1, -0.05) is 11.8 Å². The van der Waals surface area contributed by atoms with Crippen molar-refractivity contribution in [2.24, 2.45) is 10.9 Å². The molecule has 2 aliphatic rings. The number of amides is 1. The van der Waals surface area contributed by atoms with Gasteiger partial charge < -0.3 is 10.8 Å². The average molecular weight is 407 g/mol. The summed E-state index contributed by atoms with van der Waals surface area (Å²) >= 11 is 2.43. The van der Waals surface area contributed by atoms with Gasteiger partial charge >= 0.3 is 5.97 Å². The number of rotatable bonds is 6. The molecule has 1 unspecified atom stereocenters. The predicted octanol–water partition coefficient (Wildman–Crippen LogP) is -2.41. The first kappa shape index (κ1) is 18.1. The zero-order valence-corrected chi connectivity index (χ0v) is 14.9. The van der Waals surface area contributed by atoms with Gasteiger partial charge in [0, 0.05) is 11.5 Å². The van der Waals surface area contributed by atoms with Crippen LogP contribution in [0.3, 0.4) is 0 Å². The van der Waals surface area contributed by atoms with Crippen LogP contribution in [0, 0.1) is 0 Å². The Morgan fingerprint density at radius 1 is 1.48 bits per heavy atom. The molecular weight excluding hydrogens is 394 g/mol. The number of sulfonamides is 1. The molecule has 0 radical (unpaired) electrons. The number of carboxylic acid groups (broad SMARTS) is 1. The van der Waals surface area contributed by atoms with E-state index in [0.29, 0.717) is 11.3 Å². The molecule has 0 aliphatic carbocycles. The molecule has 0 saturated carbocycles. The zero-order chi connectivity index (χ0) is 18.4. The molecule has 1 saturated heterocycles. The summed E-state index contributed by atoms with van der Waals surface area (Å²) in [7, 11) is -3.83. The highest BCUT2D eigenvalue weighted by atomic mass is 32.2. The maximum Gasteiger partial charge on any atom is 0.352 e. The molecule has 15 heteroatoms. The van der Waals surface area contributed by atoms with Crippen molar-refractivity contribution in [1.82, 2.24) is 25.1 Å². The zero-order valence-electron chi connectivity index (χ0n) is 12.5. The molecule has 1 aromatic rings. The molecule has 3 rings (SSSR count). The fraction of sp³-hybridized carbons (Fsp3) is 0.500. The van der Waals surface area contributed by atoms with Gasteiger partial charge in [-0.3, -0.25) is 9.69 Å². The molecule has 0 bridgehead atoms. The second-order valence-electron chi connectivity index (χ2n) is 5.23. The first-order chi connectivity index (χ1) is 11.7. The summed E-state index contributed by atoms with van der Waals surface area (Å²) in [5.41, 5.74) is 6.10. The van der Waals surface area contributed by atoms with Crippen LogP contribution in [0.15, 0.2) is 16.4 Å². The number of aliphatic carboxylic acids is 1. The Labute approximate surface area is 150 Å². The standard InChI is InChI=1S/C10H13N7O5S3/c11-5-7(18)17-6(9(19)20)4(1-23-8(5)17)2-24-10-13-14-15-16(10)3-25(12,21)22/h5,8H,1-3,11H2,(H,19,20)(H2,12,21,22)/t5?,8-/m1/s1. The third-order valence-electron chi connectivity index (χ3n) is 3.47. The van der Waals surface area contributed by atoms with Crippen molar-refractivity contribution in [3.8, 4) is 0 Å². The number of carbonyl (C=O) groups excluding carboxylic acids is 1. The highest BCUT2D eigenvalue weighted by Crippen LogP contribution is 2.40. The third-order valence-corrected chi connectivity index (χ3v) is 6.48. The van der Waals surface area contributed by atoms with Crippen molar-refractivity contribution in [3.63, 3.8) is 0 Å². The molecule has 1 amide bonds. The molecule has 2 aliphatic heterocycles. The fourth-order valence-electron chi connectivity index (χ4n) is 2.39. The van der Waals surface area contributed by atoms with Crippen molar-refractivity contribution in [1.29, 1.82) is 0 Å². The lowest BCUT2D eigenvalue weighted by Crippen LogP contribution is -2.68. The maximum absolute atomic E-state index is 11.9. The Bertz CT molecular complexity index is 866. The smallest absolute Gasteiger partial charge is 0.352 e. The molecule has 0 aromatic carbocycles. The van der Waals surface area contributed by atoms with Crippen molar-refractivity contribution >= 4 is 45.4 Å². The minimum Gasteiger partial charge on any atom is -0.477 e. The summed E-state index contributed by atoms with van der Waals surface area (Å²) in [6.45, 7) is 0. The monoisotopic (exact) mass is 407 g/mol. The molecule has 2 atom stereocenters. The molecular formula is C10H13N7O5S3. The number of nitrogens with zero attached hydrogens (tertiary/aromatic N) is 5. The van der Waals surface area contributed by atoms with Crippen LogP contribution in [0.2, 0.25) is 0 Å². The lowest BCUT2D eigenvalue weighted by molar-refractivity contribution is -0.147. The first-order valence-corrected chi connectivity index (χ1v) is 10.5. The van der Waals surface area contributed by atoms with Crippen LogP contribution in [-0.4, -0.2) is 73.4 Å². The van der Waals surface area contributed by atoms with Gasteiger partial charge in [-0.15, -0.1) is 16.9 Å². The Balaban J connectivity index is 1.79. The number of carboxylic acids is 1. The van der Waals surface area contributed by atoms with Gasteiger partial charge in [-0.05, 0) is 16.0 Å². The number of tetrazole rings is 1. The molecule has 3 heterocycles. The number of aromatic nitrogens is 4. The molecule has 0 spiro atoms. The summed E-state index contributed by atoms with van der Waals surface area (Å²) in [6.07, 6.45) is 0. The number of carbonyl (C=O) groups is 2. The highest BCUT2D eigenvalue weighted by molar-refractivity contribution is 8.01. The number of nitrogens with two attached hydrogens (primary N) is 2. The molecule has 136 valence electrons. The summed E-state index contributed by atoms with van der Waals surface area (Å²) in [6, 6.07) is -0.699. The lowest BCUT2D eigenvalue weighted by Gasteiger charge is -2.48. The number of primary sulfonamides is 1. The largest absolute Gasteiger partial charge is 0.477 e. The average Bonchev–Trinajstić information content (AvgIpc) is 2.96. The number of fused-ring (bicyclic) bond motifs is 1. The molecule has 5 N–H and O–H groups in total. The number of hydrogen-bond donors (Lipinski definition) is 3. The third kappa shape index (κ3) is 3.50. The summed E-state index contributed by atoms with van der Waals surface area (Å²) in [5, 5.41) is 24.8. The van der Waals surface area contributed by atoms with Gasteiger partial charge in [0.1, 0.15) is 17.1 Å². The van der Waals surface area contributed by atoms with Crippen LogP contribution in [0.4, 0.5) is 0 Å². The van der Waals surface area contributed by atoms with Gasteiger partial charge in [0.25, 0.3) is 0 Å². The Morgan fingerprint density at radius 3 is 2.84 bits per heavy atom. The lowest BCUT2D eigenvalue weighted by atomic mass is 10.0. The number of hydrogen-bond acceptors (Lipinski definition) is 10. The van der Waals surface area contributed by atoms with E-state index < -0.39 is 33.8 Å². The van der Waals surface area contributed by atoms with Crippen LogP contribution in [0.5, 0.6) is 0 Å². The molecule has 1 fully saturated rings. The minimum absolute atomic E-state index is 0.0894. The predicted molar refractivity (Wildman–Crippen MR) is 87.4 cm³/mol. The van der Waals surface area contributed by atoms with Gasteiger partial charge in [0.15, 0.2) is 5.88 Å². The Morgan fingerprint density at radius 2 is 2.20 bits per heavy atom. The minimum atomic E-state index is -3.83. The van der Waals surface area contributed by atoms with E-state index in [9.17, 15) is 23.1 Å². The van der Waals surface area contributed by atoms with Gasteiger partial charge in [0.2, 0.25) is 21.1 Å². The van der Waals surface area contributed by atoms with E-state index in [-0.39, 0.29) is 22.0 Å². The summed E-state index contributed by atoms with van der Waals surface area (Å²) in [5.74, 6) is -1.69. The fourth-order valence-corrected chi connectivity index (χ4v) is 5.30. The summed E-state index contributed by atoms with van der Waals surface area (Å²) in [4.78, 5) is 24.6. The van der Waals surface area contributed by atoms with Crippen molar-refractivity contribution in [3.05, 3.63) is 11.3 Å². The molecule has 25 heavy (non-hydrogen) atoms. The van der Waals surface area contributed by atoms with Crippen LogP contribution < -0.4 is 10.9 Å². The van der Waals surface area contributed by atoms with E-state index >= 15 is 0 Å². The van der Waals surface area contributed by atoms with Crippen LogP contribution >= 0.6 is 23.5 Å².